The van der Waals surface area contributed by atoms with Crippen LogP contribution in [0.5, 0.6) is 11.5 Å². The van der Waals surface area contributed by atoms with E-state index in [0.717, 1.165) is 30.4 Å². The van der Waals surface area contributed by atoms with E-state index in [2.05, 4.69) is 0 Å². The highest BCUT2D eigenvalue weighted by atomic mass is 16.7. The van der Waals surface area contributed by atoms with Crippen molar-refractivity contribution < 1.29 is 33.3 Å². The van der Waals surface area contributed by atoms with Crippen LogP contribution in [0, 0.1) is 5.92 Å². The van der Waals surface area contributed by atoms with Gasteiger partial charge in [0.15, 0.2) is 13.6 Å². The molecule has 1 aromatic carbocycles. The molecule has 0 N–H and O–H groups in total. The second-order valence-corrected chi connectivity index (χ2v) is 6.70. The lowest BCUT2D eigenvalue weighted by Crippen LogP contribution is -2.33. The summed E-state index contributed by atoms with van der Waals surface area (Å²) in [5.74, 6) is 1.07. The lowest BCUT2D eigenvalue weighted by atomic mass is 9.86. The minimum absolute atomic E-state index is 0.0151. The van der Waals surface area contributed by atoms with Crippen molar-refractivity contribution in [1.29, 1.82) is 0 Å². The first-order valence-electron chi connectivity index (χ1n) is 9.28. The Hall–Kier alpha value is -1.87. The SMILES string of the molecule is COCOc1cc(COC)c(OCOC)c([C@@H]2CCC[C@@H]2C(=O)N(C)OC)c1. The van der Waals surface area contributed by atoms with E-state index in [-0.39, 0.29) is 31.3 Å². The van der Waals surface area contributed by atoms with E-state index in [0.29, 0.717) is 18.1 Å². The van der Waals surface area contributed by atoms with Gasteiger partial charge in [0.25, 0.3) is 0 Å². The van der Waals surface area contributed by atoms with Crippen molar-refractivity contribution in [3.8, 4) is 11.5 Å². The highest BCUT2D eigenvalue weighted by molar-refractivity contribution is 5.79. The molecule has 1 aliphatic carbocycles. The van der Waals surface area contributed by atoms with Crippen LogP contribution in [0.1, 0.15) is 36.3 Å². The summed E-state index contributed by atoms with van der Waals surface area (Å²) in [6.45, 7) is 0.578. The quantitative estimate of drug-likeness (QED) is 0.420. The van der Waals surface area contributed by atoms with Gasteiger partial charge in [0.05, 0.1) is 13.7 Å². The Morgan fingerprint density at radius 1 is 1.04 bits per heavy atom. The van der Waals surface area contributed by atoms with Gasteiger partial charge in [-0.05, 0) is 30.9 Å². The maximum atomic E-state index is 12.8. The molecule has 0 unspecified atom stereocenters. The van der Waals surface area contributed by atoms with Crippen LogP contribution < -0.4 is 9.47 Å². The van der Waals surface area contributed by atoms with Gasteiger partial charge in [-0.25, -0.2) is 5.06 Å². The van der Waals surface area contributed by atoms with Crippen LogP contribution in [0.4, 0.5) is 0 Å². The zero-order valence-corrected chi connectivity index (χ0v) is 17.4. The number of methoxy groups -OCH3 is 3. The maximum absolute atomic E-state index is 12.8. The number of carbonyl (C=O) groups is 1. The summed E-state index contributed by atoms with van der Waals surface area (Å²) in [4.78, 5) is 17.9. The maximum Gasteiger partial charge on any atom is 0.249 e. The minimum atomic E-state index is -0.192. The molecule has 1 fully saturated rings. The van der Waals surface area contributed by atoms with E-state index in [1.807, 2.05) is 12.1 Å². The molecule has 0 spiro atoms. The fourth-order valence-electron chi connectivity index (χ4n) is 3.68. The third-order valence-electron chi connectivity index (χ3n) is 4.95. The average Bonchev–Trinajstić information content (AvgIpc) is 3.19. The summed E-state index contributed by atoms with van der Waals surface area (Å²) in [7, 11) is 7.89. The summed E-state index contributed by atoms with van der Waals surface area (Å²) in [6, 6.07) is 3.79. The monoisotopic (exact) mass is 397 g/mol. The van der Waals surface area contributed by atoms with Gasteiger partial charge in [-0.15, -0.1) is 0 Å². The van der Waals surface area contributed by atoms with Crippen molar-refractivity contribution in [3.63, 3.8) is 0 Å². The number of nitrogens with zero attached hydrogens (tertiary/aromatic N) is 1. The van der Waals surface area contributed by atoms with Gasteiger partial charge >= 0.3 is 0 Å². The topological polar surface area (TPSA) is 75.7 Å². The van der Waals surface area contributed by atoms with Crippen molar-refractivity contribution in [2.75, 3.05) is 49.1 Å². The first-order valence-corrected chi connectivity index (χ1v) is 9.28. The van der Waals surface area contributed by atoms with E-state index in [4.69, 9.17) is 28.5 Å². The van der Waals surface area contributed by atoms with Crippen LogP contribution in [-0.4, -0.2) is 60.0 Å². The Bertz CT molecular complexity index is 637. The molecule has 2 rings (SSSR count). The van der Waals surface area contributed by atoms with Crippen LogP contribution in [-0.2, 0) is 30.4 Å². The molecule has 158 valence electrons. The molecule has 28 heavy (non-hydrogen) atoms. The molecule has 1 saturated carbocycles. The van der Waals surface area contributed by atoms with Gasteiger partial charge in [0, 0.05) is 45.4 Å². The lowest BCUT2D eigenvalue weighted by molar-refractivity contribution is -0.173. The Morgan fingerprint density at radius 3 is 2.39 bits per heavy atom. The molecule has 8 nitrogen and oxygen atoms in total. The number of rotatable bonds is 11. The molecular weight excluding hydrogens is 366 g/mol. The summed E-state index contributed by atoms with van der Waals surface area (Å²) < 4.78 is 27.1. The Balaban J connectivity index is 2.47. The lowest BCUT2D eigenvalue weighted by Gasteiger charge is -2.26. The summed E-state index contributed by atoms with van der Waals surface area (Å²) in [5.41, 5.74) is 1.75. The summed E-state index contributed by atoms with van der Waals surface area (Å²) in [6.07, 6.45) is 2.62. The first-order chi connectivity index (χ1) is 13.6. The molecule has 0 bridgehead atoms. The molecular formula is C20H31NO7. The molecule has 0 radical (unpaired) electrons. The molecule has 1 amide bonds. The van der Waals surface area contributed by atoms with Crippen molar-refractivity contribution in [3.05, 3.63) is 23.3 Å². The Kier molecular flexibility index (Phi) is 8.98. The van der Waals surface area contributed by atoms with Gasteiger partial charge in [0.2, 0.25) is 5.91 Å². The predicted molar refractivity (Wildman–Crippen MR) is 102 cm³/mol. The number of amides is 1. The normalized spacial score (nSPS) is 18.9. The Morgan fingerprint density at radius 2 is 1.75 bits per heavy atom. The van der Waals surface area contributed by atoms with E-state index < -0.39 is 0 Å². The molecule has 0 saturated heterocycles. The second kappa shape index (κ2) is 11.2. The van der Waals surface area contributed by atoms with Crippen LogP contribution in [0.2, 0.25) is 0 Å². The van der Waals surface area contributed by atoms with Crippen molar-refractivity contribution in [2.24, 2.45) is 5.92 Å². The van der Waals surface area contributed by atoms with Crippen LogP contribution >= 0.6 is 0 Å². The number of hydrogen-bond acceptors (Lipinski definition) is 7. The number of hydroxylamine groups is 2. The van der Waals surface area contributed by atoms with Crippen LogP contribution in [0.15, 0.2) is 12.1 Å². The van der Waals surface area contributed by atoms with E-state index in [1.54, 1.807) is 28.4 Å². The van der Waals surface area contributed by atoms with Crippen LogP contribution in [0.3, 0.4) is 0 Å². The van der Waals surface area contributed by atoms with Crippen LogP contribution in [0.25, 0.3) is 0 Å². The molecule has 8 heteroatoms. The standard InChI is InChI=1S/C20H31NO7/c1-21(26-5)20(22)17-8-6-7-16(17)18-10-15(27-12-24-3)9-14(11-23-2)19(18)28-13-25-4/h9-10,16-17H,6-8,11-13H2,1-5H3/t16-,17+/m1/s1. The van der Waals surface area contributed by atoms with Gasteiger partial charge < -0.3 is 23.7 Å². The molecule has 0 heterocycles. The van der Waals surface area contributed by atoms with Gasteiger partial charge in [-0.2, -0.15) is 0 Å². The summed E-state index contributed by atoms with van der Waals surface area (Å²) >= 11 is 0. The predicted octanol–water partition coefficient (Wildman–Crippen LogP) is 2.70. The van der Waals surface area contributed by atoms with Gasteiger partial charge in [-0.3, -0.25) is 9.63 Å². The number of ether oxygens (including phenoxy) is 5. The molecule has 2 atom stereocenters. The smallest absolute Gasteiger partial charge is 0.249 e. The fraction of sp³-hybridized carbons (Fsp3) is 0.650. The van der Waals surface area contributed by atoms with E-state index >= 15 is 0 Å². The average molecular weight is 397 g/mol. The van der Waals surface area contributed by atoms with Crippen molar-refractivity contribution >= 4 is 5.91 Å². The molecule has 0 aromatic heterocycles. The largest absolute Gasteiger partial charge is 0.468 e. The fourth-order valence-corrected chi connectivity index (χ4v) is 3.68. The second-order valence-electron chi connectivity index (χ2n) is 6.70. The zero-order valence-electron chi connectivity index (χ0n) is 17.4. The summed E-state index contributed by atoms with van der Waals surface area (Å²) in [5, 5.41) is 1.29. The van der Waals surface area contributed by atoms with Crippen molar-refractivity contribution in [2.45, 2.75) is 31.8 Å². The molecule has 1 aromatic rings. The number of hydrogen-bond donors (Lipinski definition) is 0. The third-order valence-corrected chi connectivity index (χ3v) is 4.95. The highest BCUT2D eigenvalue weighted by Gasteiger charge is 2.38. The molecule has 0 aliphatic heterocycles. The van der Waals surface area contributed by atoms with Crippen molar-refractivity contribution in [1.82, 2.24) is 5.06 Å². The van der Waals surface area contributed by atoms with Gasteiger partial charge in [0.1, 0.15) is 11.5 Å². The molecule has 1 aliphatic rings. The minimum Gasteiger partial charge on any atom is -0.468 e. The third kappa shape index (κ3) is 5.35. The number of carbonyl (C=O) groups excluding carboxylic acids is 1. The van der Waals surface area contributed by atoms with Gasteiger partial charge in [-0.1, -0.05) is 6.42 Å². The number of benzene rings is 1. The van der Waals surface area contributed by atoms with E-state index in [1.165, 1.54) is 12.2 Å². The Labute approximate surface area is 166 Å². The zero-order chi connectivity index (χ0) is 20.5. The first kappa shape index (κ1) is 22.4. The highest BCUT2D eigenvalue weighted by Crippen LogP contribution is 2.46. The van der Waals surface area contributed by atoms with E-state index in [9.17, 15) is 4.79 Å².